The second-order valence-corrected chi connectivity index (χ2v) is 7.43. The standard InChI is InChI=1S/C22H20Cl2N2O4.ClH/c23-17-3-1-2-15(10-17)20(27)13-25-9-8-14-4-6-18(7-5-14)30-21-19(24)11-16(12-26-21)22(28)29;/h1-7,10-12,20,25,27H,8-9,13H2,(H,28,29);1H/t20-;/m1./s1. The summed E-state index contributed by atoms with van der Waals surface area (Å²) in [4.78, 5) is 14.9. The molecular formula is C22H21Cl3N2O4. The number of hydrogen-bond donors (Lipinski definition) is 3. The molecule has 9 heteroatoms. The van der Waals surface area contributed by atoms with Gasteiger partial charge in [0.15, 0.2) is 0 Å². The minimum absolute atomic E-state index is 0. The number of aliphatic hydroxyl groups is 1. The Balaban J connectivity index is 0.00000341. The summed E-state index contributed by atoms with van der Waals surface area (Å²) in [6.45, 7) is 1.12. The van der Waals surface area contributed by atoms with E-state index in [0.29, 0.717) is 23.9 Å². The van der Waals surface area contributed by atoms with Crippen molar-refractivity contribution in [1.29, 1.82) is 0 Å². The third-order valence-electron chi connectivity index (χ3n) is 4.35. The number of hydrogen-bond acceptors (Lipinski definition) is 5. The average Bonchev–Trinajstić information content (AvgIpc) is 2.73. The Morgan fingerprint density at radius 1 is 1.13 bits per heavy atom. The lowest BCUT2D eigenvalue weighted by Crippen LogP contribution is -2.23. The molecule has 0 radical (unpaired) electrons. The van der Waals surface area contributed by atoms with E-state index in [1.807, 2.05) is 24.3 Å². The number of rotatable bonds is 9. The van der Waals surface area contributed by atoms with Gasteiger partial charge in [-0.2, -0.15) is 0 Å². The molecule has 1 heterocycles. The van der Waals surface area contributed by atoms with Crippen LogP contribution in [0.1, 0.15) is 27.6 Å². The first kappa shape index (κ1) is 24.9. The predicted octanol–water partition coefficient (Wildman–Crippen LogP) is 5.17. The third kappa shape index (κ3) is 7.38. The van der Waals surface area contributed by atoms with Crippen molar-refractivity contribution in [3.8, 4) is 11.6 Å². The number of pyridine rings is 1. The van der Waals surface area contributed by atoms with Gasteiger partial charge >= 0.3 is 5.97 Å². The van der Waals surface area contributed by atoms with Crippen LogP contribution < -0.4 is 10.1 Å². The van der Waals surface area contributed by atoms with Gasteiger partial charge in [-0.3, -0.25) is 0 Å². The Bertz CT molecular complexity index is 1020. The summed E-state index contributed by atoms with van der Waals surface area (Å²) in [6, 6.07) is 15.9. The summed E-state index contributed by atoms with van der Waals surface area (Å²) >= 11 is 12.0. The van der Waals surface area contributed by atoms with Crippen LogP contribution in [0.5, 0.6) is 11.6 Å². The van der Waals surface area contributed by atoms with Crippen molar-refractivity contribution < 1.29 is 19.7 Å². The van der Waals surface area contributed by atoms with E-state index in [9.17, 15) is 9.90 Å². The molecule has 31 heavy (non-hydrogen) atoms. The molecule has 0 aliphatic rings. The number of aliphatic hydroxyl groups excluding tert-OH is 1. The minimum Gasteiger partial charge on any atom is -0.478 e. The molecule has 1 atom stereocenters. The number of ether oxygens (including phenoxy) is 1. The van der Waals surface area contributed by atoms with Crippen molar-refractivity contribution >= 4 is 41.6 Å². The van der Waals surface area contributed by atoms with Crippen LogP contribution in [0.15, 0.2) is 60.8 Å². The van der Waals surface area contributed by atoms with Gasteiger partial charge in [-0.25, -0.2) is 9.78 Å². The molecule has 2 aromatic carbocycles. The Kier molecular flexibility index (Phi) is 9.55. The summed E-state index contributed by atoms with van der Waals surface area (Å²) in [5.41, 5.74) is 1.86. The number of benzene rings is 2. The molecule has 0 saturated carbocycles. The average molecular weight is 484 g/mol. The third-order valence-corrected chi connectivity index (χ3v) is 4.86. The highest BCUT2D eigenvalue weighted by Crippen LogP contribution is 2.28. The number of halogens is 3. The Morgan fingerprint density at radius 2 is 1.87 bits per heavy atom. The summed E-state index contributed by atoms with van der Waals surface area (Å²) < 4.78 is 5.62. The van der Waals surface area contributed by atoms with Gasteiger partial charge in [0, 0.05) is 17.8 Å². The maximum Gasteiger partial charge on any atom is 0.337 e. The van der Waals surface area contributed by atoms with E-state index in [1.54, 1.807) is 24.3 Å². The molecule has 0 bridgehead atoms. The molecule has 0 aliphatic heterocycles. The highest BCUT2D eigenvalue weighted by molar-refractivity contribution is 6.32. The van der Waals surface area contributed by atoms with Crippen molar-refractivity contribution in [1.82, 2.24) is 10.3 Å². The van der Waals surface area contributed by atoms with Crippen LogP contribution in [0, 0.1) is 0 Å². The number of aromatic carboxylic acids is 1. The molecule has 3 aromatic rings. The van der Waals surface area contributed by atoms with Crippen molar-refractivity contribution in [3.05, 3.63) is 87.5 Å². The van der Waals surface area contributed by atoms with E-state index in [4.69, 9.17) is 33.0 Å². The fraction of sp³-hybridized carbons (Fsp3) is 0.182. The molecule has 3 N–H and O–H groups in total. The lowest BCUT2D eigenvalue weighted by molar-refractivity contribution is 0.0696. The van der Waals surface area contributed by atoms with Crippen LogP contribution in [-0.4, -0.2) is 34.3 Å². The molecule has 164 valence electrons. The summed E-state index contributed by atoms with van der Waals surface area (Å²) in [7, 11) is 0. The molecule has 3 rings (SSSR count). The molecule has 0 amide bonds. The topological polar surface area (TPSA) is 91.7 Å². The van der Waals surface area contributed by atoms with E-state index in [2.05, 4.69) is 10.3 Å². The van der Waals surface area contributed by atoms with E-state index in [-0.39, 0.29) is 28.9 Å². The zero-order chi connectivity index (χ0) is 21.5. The van der Waals surface area contributed by atoms with E-state index >= 15 is 0 Å². The van der Waals surface area contributed by atoms with E-state index in [0.717, 1.165) is 17.5 Å². The largest absolute Gasteiger partial charge is 0.478 e. The summed E-state index contributed by atoms with van der Waals surface area (Å²) in [5, 5.41) is 23.1. The number of carboxylic acid groups (broad SMARTS) is 1. The van der Waals surface area contributed by atoms with Gasteiger partial charge in [-0.15, -0.1) is 12.4 Å². The van der Waals surface area contributed by atoms with Gasteiger partial charge in [0.05, 0.1) is 11.7 Å². The first-order valence-electron chi connectivity index (χ1n) is 9.22. The molecule has 0 fully saturated rings. The zero-order valence-electron chi connectivity index (χ0n) is 16.3. The Morgan fingerprint density at radius 3 is 2.52 bits per heavy atom. The smallest absolute Gasteiger partial charge is 0.337 e. The highest BCUT2D eigenvalue weighted by atomic mass is 35.5. The van der Waals surface area contributed by atoms with Crippen molar-refractivity contribution in [2.75, 3.05) is 13.1 Å². The van der Waals surface area contributed by atoms with E-state index < -0.39 is 12.1 Å². The quantitative estimate of drug-likeness (QED) is 0.364. The van der Waals surface area contributed by atoms with Crippen molar-refractivity contribution in [2.45, 2.75) is 12.5 Å². The highest BCUT2D eigenvalue weighted by Gasteiger charge is 2.11. The number of aromatic nitrogens is 1. The maximum absolute atomic E-state index is 10.9. The lowest BCUT2D eigenvalue weighted by Gasteiger charge is -2.13. The predicted molar refractivity (Wildman–Crippen MR) is 123 cm³/mol. The van der Waals surface area contributed by atoms with Gasteiger partial charge in [-0.05, 0) is 54.4 Å². The minimum atomic E-state index is -1.10. The van der Waals surface area contributed by atoms with Gasteiger partial charge in [0.2, 0.25) is 5.88 Å². The van der Waals surface area contributed by atoms with Crippen LogP contribution in [0.2, 0.25) is 10.0 Å². The van der Waals surface area contributed by atoms with Crippen molar-refractivity contribution in [3.63, 3.8) is 0 Å². The number of nitrogens with one attached hydrogen (secondary N) is 1. The van der Waals surface area contributed by atoms with Gasteiger partial charge in [0.25, 0.3) is 0 Å². The monoisotopic (exact) mass is 482 g/mol. The molecule has 0 saturated heterocycles. The van der Waals surface area contributed by atoms with Crippen molar-refractivity contribution in [2.24, 2.45) is 0 Å². The molecule has 0 aliphatic carbocycles. The van der Waals surface area contributed by atoms with Crippen LogP contribution >= 0.6 is 35.6 Å². The van der Waals surface area contributed by atoms with Gasteiger partial charge < -0.3 is 20.3 Å². The molecule has 6 nitrogen and oxygen atoms in total. The van der Waals surface area contributed by atoms with E-state index in [1.165, 1.54) is 12.3 Å². The molecule has 1 aromatic heterocycles. The van der Waals surface area contributed by atoms with Crippen LogP contribution in [0.3, 0.4) is 0 Å². The number of carbonyl (C=O) groups is 1. The van der Waals surface area contributed by atoms with Crippen LogP contribution in [0.4, 0.5) is 0 Å². The van der Waals surface area contributed by atoms with Crippen LogP contribution in [-0.2, 0) is 6.42 Å². The van der Waals surface area contributed by atoms with Gasteiger partial charge in [0.1, 0.15) is 10.8 Å². The first-order chi connectivity index (χ1) is 14.4. The fourth-order valence-electron chi connectivity index (χ4n) is 2.76. The maximum atomic E-state index is 10.9. The molecular weight excluding hydrogens is 463 g/mol. The Labute approximate surface area is 196 Å². The molecule has 0 spiro atoms. The summed E-state index contributed by atoms with van der Waals surface area (Å²) in [6.07, 6.45) is 1.35. The second-order valence-electron chi connectivity index (χ2n) is 6.59. The second kappa shape index (κ2) is 11.9. The number of carboxylic acids is 1. The first-order valence-corrected chi connectivity index (χ1v) is 9.98. The molecule has 0 unspecified atom stereocenters. The lowest BCUT2D eigenvalue weighted by atomic mass is 10.1. The van der Waals surface area contributed by atoms with Gasteiger partial charge in [-0.1, -0.05) is 47.5 Å². The Hall–Kier alpha value is -2.35. The number of nitrogens with zero attached hydrogens (tertiary/aromatic N) is 1. The van der Waals surface area contributed by atoms with Crippen LogP contribution in [0.25, 0.3) is 0 Å². The SMILES string of the molecule is Cl.O=C(O)c1cnc(Oc2ccc(CCNC[C@@H](O)c3cccc(Cl)c3)cc2)c(Cl)c1. The zero-order valence-corrected chi connectivity index (χ0v) is 18.6. The summed E-state index contributed by atoms with van der Waals surface area (Å²) in [5.74, 6) is -0.416. The fourth-order valence-corrected chi connectivity index (χ4v) is 3.16. The normalized spacial score (nSPS) is 11.5.